The van der Waals surface area contributed by atoms with Gasteiger partial charge >= 0.3 is 6.09 Å². The van der Waals surface area contributed by atoms with Crippen molar-refractivity contribution in [3.05, 3.63) is 88.5 Å². The van der Waals surface area contributed by atoms with Gasteiger partial charge in [0, 0.05) is 17.6 Å². The van der Waals surface area contributed by atoms with Gasteiger partial charge in [-0.15, -0.1) is 0 Å². The molecule has 2 atom stereocenters. The van der Waals surface area contributed by atoms with Crippen LogP contribution < -0.4 is 10.6 Å². The largest absolute Gasteiger partial charge is 0.508 e. The number of amides is 3. The number of aryl methyl sites for hydroxylation is 3. The van der Waals surface area contributed by atoms with E-state index in [1.54, 1.807) is 52.0 Å². The van der Waals surface area contributed by atoms with Crippen LogP contribution in [-0.4, -0.2) is 50.2 Å². The molecule has 0 spiro atoms. The van der Waals surface area contributed by atoms with Gasteiger partial charge in [-0.2, -0.15) is 0 Å². The van der Waals surface area contributed by atoms with E-state index in [9.17, 15) is 24.6 Å². The molecule has 9 nitrogen and oxygen atoms in total. The number of nitrogens with one attached hydrogen (secondary N) is 2. The van der Waals surface area contributed by atoms with E-state index in [-0.39, 0.29) is 17.9 Å². The summed E-state index contributed by atoms with van der Waals surface area (Å²) in [6.07, 6.45) is -0.207. The maximum Gasteiger partial charge on any atom is 0.408 e. The van der Waals surface area contributed by atoms with E-state index in [2.05, 4.69) is 10.6 Å². The standard InChI is InChI=1S/C36H47N3O6/c1-10-36(8,9)39(33(43)28(37-34(44)45-35(5,6)7)21-25-14-17-27(40)18-15-25)31(26-16-19-29(41)24(4)20-26)32(42)38-30-22(2)12-11-13-23(30)3/h11-20,28,31,40-41H,10,21H2,1-9H3,(H,37,44)(H,38,42). The van der Waals surface area contributed by atoms with Crippen molar-refractivity contribution in [2.75, 3.05) is 5.32 Å². The molecule has 3 aromatic rings. The molecule has 0 saturated carbocycles. The monoisotopic (exact) mass is 617 g/mol. The highest BCUT2D eigenvalue weighted by Gasteiger charge is 2.43. The lowest BCUT2D eigenvalue weighted by Crippen LogP contribution is -2.59. The summed E-state index contributed by atoms with van der Waals surface area (Å²) in [6, 6.07) is 14.7. The van der Waals surface area contributed by atoms with Gasteiger partial charge in [-0.05, 0) is 114 Å². The smallest absolute Gasteiger partial charge is 0.408 e. The average molecular weight is 618 g/mol. The highest BCUT2D eigenvalue weighted by molar-refractivity contribution is 6.00. The fourth-order valence-corrected chi connectivity index (χ4v) is 5.10. The molecule has 3 rings (SSSR count). The first-order valence-electron chi connectivity index (χ1n) is 15.2. The van der Waals surface area contributed by atoms with Crippen molar-refractivity contribution in [1.29, 1.82) is 0 Å². The second kappa shape index (κ2) is 14.1. The van der Waals surface area contributed by atoms with Crippen LogP contribution in [0.5, 0.6) is 11.5 Å². The molecule has 0 saturated heterocycles. The van der Waals surface area contributed by atoms with E-state index in [0.29, 0.717) is 28.8 Å². The molecule has 242 valence electrons. The van der Waals surface area contributed by atoms with Crippen LogP contribution in [-0.2, 0) is 20.7 Å². The van der Waals surface area contributed by atoms with Gasteiger partial charge in [-0.25, -0.2) is 4.79 Å². The van der Waals surface area contributed by atoms with Gasteiger partial charge in [0.1, 0.15) is 29.2 Å². The number of hydrogen-bond acceptors (Lipinski definition) is 6. The zero-order valence-electron chi connectivity index (χ0n) is 27.8. The first-order valence-corrected chi connectivity index (χ1v) is 15.2. The third-order valence-electron chi connectivity index (χ3n) is 7.89. The summed E-state index contributed by atoms with van der Waals surface area (Å²) in [4.78, 5) is 43.9. The minimum atomic E-state index is -1.13. The van der Waals surface area contributed by atoms with E-state index in [1.165, 1.54) is 23.1 Å². The molecular formula is C36H47N3O6. The summed E-state index contributed by atoms with van der Waals surface area (Å²) < 4.78 is 5.53. The Labute approximate surface area is 266 Å². The molecule has 0 aliphatic carbocycles. The quantitative estimate of drug-likeness (QED) is 0.197. The molecular weight excluding hydrogens is 570 g/mol. The number of carbonyl (C=O) groups excluding carboxylic acids is 3. The van der Waals surface area contributed by atoms with Gasteiger partial charge in [0.15, 0.2) is 0 Å². The van der Waals surface area contributed by atoms with Crippen LogP contribution in [0.1, 0.15) is 81.8 Å². The van der Waals surface area contributed by atoms with E-state index in [0.717, 1.165) is 11.1 Å². The highest BCUT2D eigenvalue weighted by atomic mass is 16.6. The number of hydrogen-bond donors (Lipinski definition) is 4. The van der Waals surface area contributed by atoms with Crippen molar-refractivity contribution < 1.29 is 29.3 Å². The van der Waals surface area contributed by atoms with E-state index in [4.69, 9.17) is 4.74 Å². The lowest BCUT2D eigenvalue weighted by Gasteiger charge is -2.44. The van der Waals surface area contributed by atoms with Crippen LogP contribution in [0.15, 0.2) is 60.7 Å². The average Bonchev–Trinajstić information content (AvgIpc) is 2.94. The number of ether oxygens (including phenoxy) is 1. The van der Waals surface area contributed by atoms with Crippen molar-refractivity contribution in [3.63, 3.8) is 0 Å². The molecule has 0 heterocycles. The highest BCUT2D eigenvalue weighted by Crippen LogP contribution is 2.35. The number of nitrogens with zero attached hydrogens (tertiary/aromatic N) is 1. The molecule has 2 unspecified atom stereocenters. The van der Waals surface area contributed by atoms with Crippen molar-refractivity contribution >= 4 is 23.6 Å². The molecule has 3 amide bonds. The van der Waals surface area contributed by atoms with Gasteiger partial charge in [0.25, 0.3) is 5.91 Å². The predicted octanol–water partition coefficient (Wildman–Crippen LogP) is 6.86. The Hall–Kier alpha value is -4.53. The minimum Gasteiger partial charge on any atom is -0.508 e. The fourth-order valence-electron chi connectivity index (χ4n) is 5.10. The minimum absolute atomic E-state index is 0.0667. The predicted molar refractivity (Wildman–Crippen MR) is 176 cm³/mol. The topological polar surface area (TPSA) is 128 Å². The van der Waals surface area contributed by atoms with Crippen molar-refractivity contribution in [2.45, 2.75) is 98.4 Å². The summed E-state index contributed by atoms with van der Waals surface area (Å²) in [5.41, 5.74) is 2.45. The van der Waals surface area contributed by atoms with Crippen molar-refractivity contribution in [3.8, 4) is 11.5 Å². The maximum atomic E-state index is 14.9. The molecule has 0 aromatic heterocycles. The van der Waals surface area contributed by atoms with E-state index >= 15 is 0 Å². The lowest BCUT2D eigenvalue weighted by atomic mass is 9.90. The number of benzene rings is 3. The number of alkyl carbamates (subject to hydrolysis) is 1. The first kappa shape index (κ1) is 35.0. The van der Waals surface area contributed by atoms with Crippen molar-refractivity contribution in [2.24, 2.45) is 0 Å². The number of para-hydroxylation sites is 1. The Morgan fingerprint density at radius 1 is 0.867 bits per heavy atom. The summed E-state index contributed by atoms with van der Waals surface area (Å²) in [7, 11) is 0. The summed E-state index contributed by atoms with van der Waals surface area (Å²) >= 11 is 0. The number of aromatic hydroxyl groups is 2. The normalized spacial score (nSPS) is 13.0. The van der Waals surface area contributed by atoms with Crippen LogP contribution in [0.4, 0.5) is 10.5 Å². The lowest BCUT2D eigenvalue weighted by molar-refractivity contribution is -0.147. The fraction of sp³-hybridized carbons (Fsp3) is 0.417. The van der Waals surface area contributed by atoms with Gasteiger partial charge in [0.2, 0.25) is 5.91 Å². The molecule has 3 aromatic carbocycles. The number of rotatable bonds is 10. The molecule has 9 heteroatoms. The van der Waals surface area contributed by atoms with Gasteiger partial charge in [-0.3, -0.25) is 9.59 Å². The molecule has 45 heavy (non-hydrogen) atoms. The Morgan fingerprint density at radius 2 is 1.47 bits per heavy atom. The first-order chi connectivity index (χ1) is 20.9. The summed E-state index contributed by atoms with van der Waals surface area (Å²) in [5, 5.41) is 26.0. The van der Waals surface area contributed by atoms with E-state index < -0.39 is 41.1 Å². The molecule has 0 fully saturated rings. The van der Waals surface area contributed by atoms with Crippen LogP contribution in [0.25, 0.3) is 0 Å². The number of phenolic OH excluding ortho intramolecular Hbond substituents is 2. The number of anilines is 1. The summed E-state index contributed by atoms with van der Waals surface area (Å²) in [6.45, 7) is 16.4. The Kier molecular flexibility index (Phi) is 10.9. The Bertz CT molecular complexity index is 1500. The Balaban J connectivity index is 2.20. The molecule has 0 radical (unpaired) electrons. The van der Waals surface area contributed by atoms with Crippen LogP contribution in [0.3, 0.4) is 0 Å². The van der Waals surface area contributed by atoms with E-state index in [1.807, 2.05) is 52.8 Å². The van der Waals surface area contributed by atoms with Crippen LogP contribution in [0.2, 0.25) is 0 Å². The number of phenols is 2. The Morgan fingerprint density at radius 3 is 2.00 bits per heavy atom. The van der Waals surface area contributed by atoms with Crippen molar-refractivity contribution in [1.82, 2.24) is 10.2 Å². The van der Waals surface area contributed by atoms with Gasteiger partial charge in [0.05, 0.1) is 0 Å². The SMILES string of the molecule is CCC(C)(C)N(C(=O)C(Cc1ccc(O)cc1)NC(=O)OC(C)(C)C)C(C(=O)Nc1c(C)cccc1C)c1ccc(O)c(C)c1. The number of carbonyl (C=O) groups is 3. The van der Waals surface area contributed by atoms with Gasteiger partial charge in [-0.1, -0.05) is 43.3 Å². The third-order valence-corrected chi connectivity index (χ3v) is 7.89. The third kappa shape index (κ3) is 9.00. The van der Waals surface area contributed by atoms with Crippen LogP contribution in [0, 0.1) is 20.8 Å². The second-order valence-corrected chi connectivity index (χ2v) is 13.1. The second-order valence-electron chi connectivity index (χ2n) is 13.1. The zero-order valence-corrected chi connectivity index (χ0v) is 27.8. The molecule has 0 aliphatic rings. The zero-order chi connectivity index (χ0) is 33.7. The summed E-state index contributed by atoms with van der Waals surface area (Å²) in [5.74, 6) is -0.792. The maximum absolute atomic E-state index is 14.9. The van der Waals surface area contributed by atoms with Crippen LogP contribution >= 0.6 is 0 Å². The molecule has 0 bridgehead atoms. The molecule has 4 N–H and O–H groups in total. The van der Waals surface area contributed by atoms with Gasteiger partial charge < -0.3 is 30.5 Å². The molecule has 0 aliphatic heterocycles.